The fourth-order valence-corrected chi connectivity index (χ4v) is 2.58. The zero-order valence-corrected chi connectivity index (χ0v) is 12.4. The van der Waals surface area contributed by atoms with Gasteiger partial charge in [-0.1, -0.05) is 0 Å². The molecule has 2 N–H and O–H groups in total. The molecular weight excluding hydrogens is 287 g/mol. The van der Waals surface area contributed by atoms with Crippen LogP contribution in [0.1, 0.15) is 19.8 Å². The van der Waals surface area contributed by atoms with Gasteiger partial charge in [-0.2, -0.15) is 0 Å². The molecule has 1 unspecified atom stereocenters. The van der Waals surface area contributed by atoms with Crippen molar-refractivity contribution < 1.29 is 14.0 Å². The lowest BCUT2D eigenvalue weighted by Crippen LogP contribution is -2.48. The zero-order chi connectivity index (χ0) is 15.9. The first-order valence-electron chi connectivity index (χ1n) is 7.09. The van der Waals surface area contributed by atoms with Crippen LogP contribution in [0.15, 0.2) is 18.2 Å². The van der Waals surface area contributed by atoms with Gasteiger partial charge in [-0.3, -0.25) is 14.9 Å². The van der Waals surface area contributed by atoms with Crippen molar-refractivity contribution in [3.8, 4) is 0 Å². The SMILES string of the molecule is Cn1c(NC(=O)C2(C)CCC(=O)NC2)nc2ccc(F)cc21. The summed E-state index contributed by atoms with van der Waals surface area (Å²) in [5.74, 6) is -0.228. The van der Waals surface area contributed by atoms with Gasteiger partial charge < -0.3 is 9.88 Å². The molecule has 0 saturated carbocycles. The van der Waals surface area contributed by atoms with Gasteiger partial charge in [-0.15, -0.1) is 0 Å². The van der Waals surface area contributed by atoms with E-state index in [1.165, 1.54) is 12.1 Å². The molecule has 2 amide bonds. The van der Waals surface area contributed by atoms with Gasteiger partial charge in [0.15, 0.2) is 0 Å². The summed E-state index contributed by atoms with van der Waals surface area (Å²) in [5, 5.41) is 5.49. The predicted octanol–water partition coefficient (Wildman–Crippen LogP) is 1.57. The van der Waals surface area contributed by atoms with E-state index in [2.05, 4.69) is 15.6 Å². The first kappa shape index (κ1) is 14.5. The van der Waals surface area contributed by atoms with Crippen molar-refractivity contribution in [1.29, 1.82) is 0 Å². The molecule has 1 saturated heterocycles. The smallest absolute Gasteiger partial charge is 0.234 e. The lowest BCUT2D eigenvalue weighted by Gasteiger charge is -2.31. The molecule has 0 spiro atoms. The number of carbonyl (C=O) groups is 2. The van der Waals surface area contributed by atoms with E-state index in [1.807, 2.05) is 6.92 Å². The standard InChI is InChI=1S/C15H17FN4O2/c1-15(6-5-12(21)17-8-15)13(22)19-14-18-10-4-3-9(16)7-11(10)20(14)2/h3-4,7H,5-6,8H2,1-2H3,(H,17,21)(H,18,19,22). The summed E-state index contributed by atoms with van der Waals surface area (Å²) in [7, 11) is 1.72. The molecule has 1 fully saturated rings. The van der Waals surface area contributed by atoms with Crippen molar-refractivity contribution in [2.24, 2.45) is 12.5 Å². The van der Waals surface area contributed by atoms with Crippen LogP contribution in [0, 0.1) is 11.2 Å². The number of hydrogen-bond acceptors (Lipinski definition) is 3. The van der Waals surface area contributed by atoms with Gasteiger partial charge in [0.25, 0.3) is 0 Å². The summed E-state index contributed by atoms with van der Waals surface area (Å²) in [6.07, 6.45) is 0.820. The third-order valence-electron chi connectivity index (χ3n) is 4.20. The Balaban J connectivity index is 1.85. The van der Waals surface area contributed by atoms with Crippen LogP contribution in [-0.4, -0.2) is 27.9 Å². The number of imidazole rings is 1. The van der Waals surface area contributed by atoms with Crippen LogP contribution in [0.5, 0.6) is 0 Å². The highest BCUT2D eigenvalue weighted by Crippen LogP contribution is 2.28. The average molecular weight is 304 g/mol. The Morgan fingerprint density at radius 2 is 2.27 bits per heavy atom. The van der Waals surface area contributed by atoms with Gasteiger partial charge in [-0.25, -0.2) is 9.37 Å². The molecule has 1 aromatic heterocycles. The van der Waals surface area contributed by atoms with E-state index >= 15 is 0 Å². The monoisotopic (exact) mass is 304 g/mol. The Morgan fingerprint density at radius 3 is 2.95 bits per heavy atom. The second-order valence-electron chi connectivity index (χ2n) is 5.92. The minimum Gasteiger partial charge on any atom is -0.355 e. The average Bonchev–Trinajstić information content (AvgIpc) is 2.79. The Morgan fingerprint density at radius 1 is 1.50 bits per heavy atom. The maximum absolute atomic E-state index is 13.3. The molecule has 2 heterocycles. The van der Waals surface area contributed by atoms with E-state index in [4.69, 9.17) is 0 Å². The van der Waals surface area contributed by atoms with Crippen molar-refractivity contribution >= 4 is 28.8 Å². The van der Waals surface area contributed by atoms with E-state index < -0.39 is 5.41 Å². The largest absolute Gasteiger partial charge is 0.355 e. The maximum Gasteiger partial charge on any atom is 0.234 e. The number of benzene rings is 1. The number of rotatable bonds is 2. The Hall–Kier alpha value is -2.44. The van der Waals surface area contributed by atoms with Gasteiger partial charge in [-0.05, 0) is 31.5 Å². The van der Waals surface area contributed by atoms with Gasteiger partial charge in [0.2, 0.25) is 17.8 Å². The number of aryl methyl sites for hydroxylation is 1. The summed E-state index contributed by atoms with van der Waals surface area (Å²) in [6.45, 7) is 2.11. The van der Waals surface area contributed by atoms with E-state index in [0.717, 1.165) is 0 Å². The van der Waals surface area contributed by atoms with E-state index in [0.29, 0.717) is 36.4 Å². The summed E-state index contributed by atoms with van der Waals surface area (Å²) in [4.78, 5) is 28.1. The molecule has 0 bridgehead atoms. The molecule has 1 aliphatic rings. The molecule has 22 heavy (non-hydrogen) atoms. The Bertz CT molecular complexity index is 758. The summed E-state index contributed by atoms with van der Waals surface area (Å²) >= 11 is 0. The molecule has 6 nitrogen and oxygen atoms in total. The number of nitrogens with zero attached hydrogens (tertiary/aromatic N) is 2. The van der Waals surface area contributed by atoms with Gasteiger partial charge in [0.05, 0.1) is 16.4 Å². The molecule has 1 atom stereocenters. The minimum atomic E-state index is -0.669. The van der Waals surface area contributed by atoms with Gasteiger partial charge >= 0.3 is 0 Å². The fraction of sp³-hybridized carbons (Fsp3) is 0.400. The second kappa shape index (κ2) is 5.08. The lowest BCUT2D eigenvalue weighted by atomic mass is 9.82. The lowest BCUT2D eigenvalue weighted by molar-refractivity contribution is -0.130. The Labute approximate surface area is 126 Å². The van der Waals surface area contributed by atoms with Crippen LogP contribution in [0.4, 0.5) is 10.3 Å². The molecule has 1 aromatic carbocycles. The van der Waals surface area contributed by atoms with Crippen LogP contribution >= 0.6 is 0 Å². The molecular formula is C15H17FN4O2. The predicted molar refractivity (Wildman–Crippen MR) is 79.7 cm³/mol. The topological polar surface area (TPSA) is 76.0 Å². The third-order valence-corrected chi connectivity index (χ3v) is 4.20. The minimum absolute atomic E-state index is 0.0384. The van der Waals surface area contributed by atoms with E-state index in [1.54, 1.807) is 17.7 Å². The molecule has 0 aliphatic carbocycles. The summed E-state index contributed by atoms with van der Waals surface area (Å²) < 4.78 is 14.9. The molecule has 3 rings (SSSR count). The molecule has 116 valence electrons. The highest BCUT2D eigenvalue weighted by molar-refractivity contribution is 5.96. The number of anilines is 1. The molecule has 7 heteroatoms. The first-order valence-corrected chi connectivity index (χ1v) is 7.09. The van der Waals surface area contributed by atoms with Crippen molar-refractivity contribution in [3.63, 3.8) is 0 Å². The van der Waals surface area contributed by atoms with Crippen molar-refractivity contribution in [2.45, 2.75) is 19.8 Å². The fourth-order valence-electron chi connectivity index (χ4n) is 2.58. The normalized spacial score (nSPS) is 21.7. The zero-order valence-electron chi connectivity index (χ0n) is 12.4. The second-order valence-corrected chi connectivity index (χ2v) is 5.92. The van der Waals surface area contributed by atoms with Crippen molar-refractivity contribution in [1.82, 2.24) is 14.9 Å². The number of piperidine rings is 1. The summed E-state index contributed by atoms with van der Waals surface area (Å²) in [6, 6.07) is 4.28. The number of aromatic nitrogens is 2. The number of hydrogen-bond donors (Lipinski definition) is 2. The van der Waals surface area contributed by atoms with Crippen molar-refractivity contribution in [3.05, 3.63) is 24.0 Å². The number of fused-ring (bicyclic) bond motifs is 1. The van der Waals surface area contributed by atoms with Crippen LogP contribution in [0.3, 0.4) is 0 Å². The van der Waals surface area contributed by atoms with Crippen LogP contribution in [0.2, 0.25) is 0 Å². The van der Waals surface area contributed by atoms with Gasteiger partial charge in [0, 0.05) is 20.0 Å². The van der Waals surface area contributed by atoms with Crippen molar-refractivity contribution in [2.75, 3.05) is 11.9 Å². The number of nitrogens with one attached hydrogen (secondary N) is 2. The molecule has 0 radical (unpaired) electrons. The molecule has 2 aromatic rings. The third kappa shape index (κ3) is 2.43. The summed E-state index contributed by atoms with van der Waals surface area (Å²) in [5.41, 5.74) is 0.552. The number of halogens is 1. The highest BCUT2D eigenvalue weighted by atomic mass is 19.1. The Kier molecular flexibility index (Phi) is 3.35. The number of amides is 2. The van der Waals surface area contributed by atoms with E-state index in [9.17, 15) is 14.0 Å². The maximum atomic E-state index is 13.3. The van der Waals surface area contributed by atoms with Crippen LogP contribution in [-0.2, 0) is 16.6 Å². The quantitative estimate of drug-likeness (QED) is 0.884. The van der Waals surface area contributed by atoms with Crippen LogP contribution < -0.4 is 10.6 Å². The van der Waals surface area contributed by atoms with Gasteiger partial charge in [0.1, 0.15) is 5.82 Å². The van der Waals surface area contributed by atoms with Crippen LogP contribution in [0.25, 0.3) is 11.0 Å². The van der Waals surface area contributed by atoms with E-state index in [-0.39, 0.29) is 17.6 Å². The molecule has 1 aliphatic heterocycles. The highest BCUT2D eigenvalue weighted by Gasteiger charge is 2.37. The number of carbonyl (C=O) groups excluding carboxylic acids is 2. The first-order chi connectivity index (χ1) is 10.4.